The van der Waals surface area contributed by atoms with Gasteiger partial charge in [0.1, 0.15) is 0 Å². The summed E-state index contributed by atoms with van der Waals surface area (Å²) in [5.41, 5.74) is 2.91. The molecule has 1 fully saturated rings. The first-order valence-corrected chi connectivity index (χ1v) is 8.99. The fraction of sp³-hybridized carbons (Fsp3) is 0.286. The Bertz CT molecular complexity index is 837. The molecule has 1 aliphatic rings. The van der Waals surface area contributed by atoms with Crippen molar-refractivity contribution in [3.63, 3.8) is 0 Å². The molecular weight excluding hydrogens is 326 g/mol. The maximum atomic E-state index is 12.7. The third kappa shape index (κ3) is 3.67. The molecule has 1 aromatic heterocycles. The van der Waals surface area contributed by atoms with Crippen LogP contribution in [0.15, 0.2) is 65.4 Å². The summed E-state index contributed by atoms with van der Waals surface area (Å²) in [7, 11) is 0. The number of rotatable bonds is 4. The van der Waals surface area contributed by atoms with Gasteiger partial charge in [-0.05, 0) is 55.0 Å². The van der Waals surface area contributed by atoms with Gasteiger partial charge >= 0.3 is 0 Å². The number of nitrogens with zero attached hydrogens (tertiary/aromatic N) is 3. The number of amides is 1. The molecule has 2 heterocycles. The average Bonchev–Trinajstić information content (AvgIpc) is 3.24. The van der Waals surface area contributed by atoms with E-state index in [9.17, 15) is 4.79 Å². The molecule has 26 heavy (non-hydrogen) atoms. The van der Waals surface area contributed by atoms with Gasteiger partial charge in [0.25, 0.3) is 5.91 Å². The minimum Gasteiger partial charge on any atom is -0.423 e. The first-order chi connectivity index (χ1) is 12.8. The van der Waals surface area contributed by atoms with Gasteiger partial charge in [0.05, 0.1) is 0 Å². The van der Waals surface area contributed by atoms with E-state index in [0.717, 1.165) is 37.9 Å². The smallest absolute Gasteiger partial charge is 0.253 e. The molecule has 5 heteroatoms. The second-order valence-electron chi connectivity index (χ2n) is 6.75. The van der Waals surface area contributed by atoms with Crippen molar-refractivity contribution in [2.45, 2.75) is 19.3 Å². The predicted molar refractivity (Wildman–Crippen MR) is 98.5 cm³/mol. The Morgan fingerprint density at radius 1 is 1.04 bits per heavy atom. The fourth-order valence-corrected chi connectivity index (χ4v) is 3.52. The van der Waals surface area contributed by atoms with Gasteiger partial charge in [0, 0.05) is 24.2 Å². The largest absolute Gasteiger partial charge is 0.423 e. The van der Waals surface area contributed by atoms with Crippen molar-refractivity contribution >= 4 is 5.91 Å². The molecule has 0 radical (unpaired) electrons. The Morgan fingerprint density at radius 2 is 1.77 bits per heavy atom. The molecule has 0 unspecified atom stereocenters. The van der Waals surface area contributed by atoms with E-state index in [1.807, 2.05) is 29.2 Å². The number of hydrogen-bond acceptors (Lipinski definition) is 4. The SMILES string of the molecule is O=C(c1ccc(-c2nnco2)cc1)N1CCC(Cc2ccccc2)CC1. The lowest BCUT2D eigenvalue weighted by Gasteiger charge is -2.32. The van der Waals surface area contributed by atoms with Crippen LogP contribution in [0.25, 0.3) is 11.5 Å². The second kappa shape index (κ2) is 7.52. The number of piperidine rings is 1. The highest BCUT2D eigenvalue weighted by atomic mass is 16.4. The van der Waals surface area contributed by atoms with E-state index in [1.54, 1.807) is 0 Å². The van der Waals surface area contributed by atoms with Crippen molar-refractivity contribution in [1.29, 1.82) is 0 Å². The maximum absolute atomic E-state index is 12.7. The summed E-state index contributed by atoms with van der Waals surface area (Å²) in [6, 6.07) is 18.0. The second-order valence-corrected chi connectivity index (χ2v) is 6.75. The van der Waals surface area contributed by atoms with Crippen LogP contribution in [0, 0.1) is 5.92 Å². The minimum absolute atomic E-state index is 0.0974. The number of aromatic nitrogens is 2. The molecule has 0 saturated carbocycles. The standard InChI is InChI=1S/C21H21N3O2/c25-21(19-8-6-18(7-9-19)20-23-22-15-26-20)24-12-10-17(11-13-24)14-16-4-2-1-3-5-16/h1-9,15,17H,10-14H2. The highest BCUT2D eigenvalue weighted by Crippen LogP contribution is 2.23. The van der Waals surface area contributed by atoms with Crippen LogP contribution in [0.3, 0.4) is 0 Å². The molecule has 0 spiro atoms. The maximum Gasteiger partial charge on any atom is 0.253 e. The highest BCUT2D eigenvalue weighted by molar-refractivity contribution is 5.94. The van der Waals surface area contributed by atoms with E-state index in [4.69, 9.17) is 4.42 Å². The predicted octanol–water partition coefficient (Wildman–Crippen LogP) is 3.83. The van der Waals surface area contributed by atoms with Crippen LogP contribution in [-0.4, -0.2) is 34.1 Å². The van der Waals surface area contributed by atoms with Crippen molar-refractivity contribution in [2.24, 2.45) is 5.92 Å². The van der Waals surface area contributed by atoms with Gasteiger partial charge in [0.15, 0.2) is 0 Å². The third-order valence-electron chi connectivity index (χ3n) is 5.01. The Balaban J connectivity index is 1.34. The van der Waals surface area contributed by atoms with Gasteiger partial charge in [-0.1, -0.05) is 30.3 Å². The lowest BCUT2D eigenvalue weighted by molar-refractivity contribution is 0.0690. The van der Waals surface area contributed by atoms with Gasteiger partial charge in [0.2, 0.25) is 12.3 Å². The van der Waals surface area contributed by atoms with Gasteiger partial charge < -0.3 is 9.32 Å². The minimum atomic E-state index is 0.0974. The topological polar surface area (TPSA) is 59.2 Å². The zero-order chi connectivity index (χ0) is 17.8. The molecule has 132 valence electrons. The number of hydrogen-bond donors (Lipinski definition) is 0. The number of carbonyl (C=O) groups is 1. The van der Waals surface area contributed by atoms with Crippen LogP contribution < -0.4 is 0 Å². The Morgan fingerprint density at radius 3 is 2.42 bits per heavy atom. The summed E-state index contributed by atoms with van der Waals surface area (Å²) in [6.45, 7) is 1.64. The highest BCUT2D eigenvalue weighted by Gasteiger charge is 2.23. The van der Waals surface area contributed by atoms with E-state index in [1.165, 1.54) is 12.0 Å². The van der Waals surface area contributed by atoms with Crippen molar-refractivity contribution in [1.82, 2.24) is 15.1 Å². The Hall–Kier alpha value is -2.95. The van der Waals surface area contributed by atoms with Crippen LogP contribution in [0.4, 0.5) is 0 Å². The zero-order valence-corrected chi connectivity index (χ0v) is 14.5. The summed E-state index contributed by atoms with van der Waals surface area (Å²) in [5, 5.41) is 7.56. The van der Waals surface area contributed by atoms with Crippen LogP contribution in [0.2, 0.25) is 0 Å². The summed E-state index contributed by atoms with van der Waals surface area (Å²) in [4.78, 5) is 14.7. The summed E-state index contributed by atoms with van der Waals surface area (Å²) in [6.07, 6.45) is 4.51. The average molecular weight is 347 g/mol. The Kier molecular flexibility index (Phi) is 4.78. The quantitative estimate of drug-likeness (QED) is 0.720. The molecule has 0 aliphatic carbocycles. The normalized spacial score (nSPS) is 15.2. The number of likely N-dealkylation sites (tertiary alicyclic amines) is 1. The monoisotopic (exact) mass is 347 g/mol. The van der Waals surface area contributed by atoms with E-state index >= 15 is 0 Å². The zero-order valence-electron chi connectivity index (χ0n) is 14.5. The molecule has 2 aromatic carbocycles. The molecule has 1 amide bonds. The number of benzene rings is 2. The molecule has 1 saturated heterocycles. The third-order valence-corrected chi connectivity index (χ3v) is 5.01. The molecule has 0 atom stereocenters. The van der Waals surface area contributed by atoms with Crippen LogP contribution in [0.5, 0.6) is 0 Å². The van der Waals surface area contributed by atoms with Crippen molar-refractivity contribution in [3.05, 3.63) is 72.1 Å². The molecule has 5 nitrogen and oxygen atoms in total. The molecule has 3 aromatic rings. The number of carbonyl (C=O) groups excluding carboxylic acids is 1. The van der Waals surface area contributed by atoms with E-state index in [2.05, 4.69) is 40.5 Å². The first-order valence-electron chi connectivity index (χ1n) is 8.99. The molecule has 0 N–H and O–H groups in total. The summed E-state index contributed by atoms with van der Waals surface area (Å²) in [5.74, 6) is 1.22. The molecular formula is C21H21N3O2. The summed E-state index contributed by atoms with van der Waals surface area (Å²) >= 11 is 0. The van der Waals surface area contributed by atoms with Gasteiger partial charge in [-0.25, -0.2) is 0 Å². The van der Waals surface area contributed by atoms with Crippen molar-refractivity contribution in [2.75, 3.05) is 13.1 Å². The van der Waals surface area contributed by atoms with Gasteiger partial charge in [-0.3, -0.25) is 4.79 Å². The fourth-order valence-electron chi connectivity index (χ4n) is 3.52. The Labute approximate surface area is 152 Å². The van der Waals surface area contributed by atoms with Crippen LogP contribution in [0.1, 0.15) is 28.8 Å². The van der Waals surface area contributed by atoms with E-state index < -0.39 is 0 Å². The first kappa shape index (κ1) is 16.5. The lowest BCUT2D eigenvalue weighted by atomic mass is 9.90. The molecule has 1 aliphatic heterocycles. The van der Waals surface area contributed by atoms with Crippen LogP contribution >= 0.6 is 0 Å². The molecule has 4 rings (SSSR count). The van der Waals surface area contributed by atoms with Gasteiger partial charge in [-0.15, -0.1) is 10.2 Å². The summed E-state index contributed by atoms with van der Waals surface area (Å²) < 4.78 is 5.18. The van der Waals surface area contributed by atoms with Gasteiger partial charge in [-0.2, -0.15) is 0 Å². The molecule has 0 bridgehead atoms. The van der Waals surface area contributed by atoms with Crippen molar-refractivity contribution in [3.8, 4) is 11.5 Å². The lowest BCUT2D eigenvalue weighted by Crippen LogP contribution is -2.38. The van der Waals surface area contributed by atoms with E-state index in [-0.39, 0.29) is 5.91 Å². The van der Waals surface area contributed by atoms with Crippen molar-refractivity contribution < 1.29 is 9.21 Å². The van der Waals surface area contributed by atoms with Crippen LogP contribution in [-0.2, 0) is 6.42 Å². The van der Waals surface area contributed by atoms with E-state index in [0.29, 0.717) is 17.4 Å².